The van der Waals surface area contributed by atoms with E-state index in [-0.39, 0.29) is 12.2 Å². The Morgan fingerprint density at radius 2 is 2.12 bits per heavy atom. The highest BCUT2D eigenvalue weighted by Crippen LogP contribution is 2.26. The lowest BCUT2D eigenvalue weighted by Crippen LogP contribution is -2.26. The Morgan fingerprint density at radius 3 is 2.76 bits per heavy atom. The molecule has 1 saturated heterocycles. The van der Waals surface area contributed by atoms with Crippen molar-refractivity contribution in [3.8, 4) is 0 Å². The van der Waals surface area contributed by atoms with Crippen molar-refractivity contribution in [2.24, 2.45) is 5.73 Å². The zero-order valence-electron chi connectivity index (χ0n) is 9.71. The maximum absolute atomic E-state index is 13.5. The van der Waals surface area contributed by atoms with Crippen molar-refractivity contribution in [3.05, 3.63) is 35.1 Å². The summed E-state index contributed by atoms with van der Waals surface area (Å²) in [5, 5.41) is 3.29. The number of amides is 1. The summed E-state index contributed by atoms with van der Waals surface area (Å²) in [6.45, 7) is 1.99. The van der Waals surface area contributed by atoms with Crippen molar-refractivity contribution in [1.29, 1.82) is 0 Å². The van der Waals surface area contributed by atoms with E-state index in [2.05, 4.69) is 5.32 Å². The van der Waals surface area contributed by atoms with E-state index in [0.717, 1.165) is 31.5 Å². The van der Waals surface area contributed by atoms with Crippen LogP contribution in [0, 0.1) is 5.82 Å². The van der Waals surface area contributed by atoms with Gasteiger partial charge in [-0.2, -0.15) is 0 Å². The van der Waals surface area contributed by atoms with Crippen molar-refractivity contribution in [2.75, 3.05) is 13.1 Å². The third kappa shape index (κ3) is 3.03. The van der Waals surface area contributed by atoms with E-state index in [4.69, 9.17) is 5.73 Å². The van der Waals surface area contributed by atoms with E-state index < -0.39 is 5.91 Å². The van der Waals surface area contributed by atoms with Crippen LogP contribution < -0.4 is 11.1 Å². The van der Waals surface area contributed by atoms with E-state index >= 15 is 0 Å². The summed E-state index contributed by atoms with van der Waals surface area (Å²) in [5.74, 6) is -0.378. The molecular weight excluding hydrogens is 219 g/mol. The molecule has 0 aromatic heterocycles. The van der Waals surface area contributed by atoms with Crippen LogP contribution in [0.3, 0.4) is 0 Å². The van der Waals surface area contributed by atoms with Crippen LogP contribution in [0.5, 0.6) is 0 Å². The van der Waals surface area contributed by atoms with Crippen LogP contribution in [0.15, 0.2) is 18.2 Å². The molecule has 1 amide bonds. The van der Waals surface area contributed by atoms with E-state index in [1.807, 2.05) is 6.07 Å². The molecular formula is C13H17FN2O. The first-order valence-corrected chi connectivity index (χ1v) is 5.94. The Bertz CT molecular complexity index is 414. The molecule has 1 heterocycles. The quantitative estimate of drug-likeness (QED) is 0.831. The number of piperidine rings is 1. The molecule has 17 heavy (non-hydrogen) atoms. The molecule has 0 atom stereocenters. The molecule has 0 unspecified atom stereocenters. The van der Waals surface area contributed by atoms with Crippen LogP contribution in [0.25, 0.3) is 0 Å². The molecule has 1 fully saturated rings. The van der Waals surface area contributed by atoms with Crippen molar-refractivity contribution < 1.29 is 9.18 Å². The van der Waals surface area contributed by atoms with Crippen LogP contribution in [-0.4, -0.2) is 19.0 Å². The average molecular weight is 236 g/mol. The minimum Gasteiger partial charge on any atom is -0.369 e. The van der Waals surface area contributed by atoms with Gasteiger partial charge in [0.15, 0.2) is 0 Å². The minimum atomic E-state index is -0.494. The van der Waals surface area contributed by atoms with E-state index in [1.165, 1.54) is 6.07 Å². The second-order valence-electron chi connectivity index (χ2n) is 4.52. The summed E-state index contributed by atoms with van der Waals surface area (Å²) in [5.41, 5.74) is 6.63. The molecule has 92 valence electrons. The van der Waals surface area contributed by atoms with Crippen LogP contribution in [0.4, 0.5) is 4.39 Å². The zero-order chi connectivity index (χ0) is 12.3. The SMILES string of the molecule is NC(=O)Cc1cc(C2CCNCC2)ccc1F. The van der Waals surface area contributed by atoms with Gasteiger partial charge in [-0.1, -0.05) is 12.1 Å². The molecule has 4 heteroatoms. The van der Waals surface area contributed by atoms with Crippen molar-refractivity contribution >= 4 is 5.91 Å². The summed E-state index contributed by atoms with van der Waals surface area (Å²) < 4.78 is 13.5. The summed E-state index contributed by atoms with van der Waals surface area (Å²) in [6, 6.07) is 5.04. The minimum absolute atomic E-state index is 0.0232. The molecule has 2 rings (SSSR count). The predicted molar refractivity (Wildman–Crippen MR) is 64.1 cm³/mol. The van der Waals surface area contributed by atoms with E-state index in [1.54, 1.807) is 6.07 Å². The highest BCUT2D eigenvalue weighted by molar-refractivity contribution is 5.76. The van der Waals surface area contributed by atoms with Gasteiger partial charge in [0, 0.05) is 0 Å². The van der Waals surface area contributed by atoms with Gasteiger partial charge in [0.1, 0.15) is 5.82 Å². The highest BCUT2D eigenvalue weighted by Gasteiger charge is 2.16. The average Bonchev–Trinajstić information content (AvgIpc) is 2.32. The van der Waals surface area contributed by atoms with Crippen molar-refractivity contribution in [1.82, 2.24) is 5.32 Å². The summed E-state index contributed by atoms with van der Waals surface area (Å²) in [4.78, 5) is 10.9. The molecule has 0 bridgehead atoms. The first-order valence-electron chi connectivity index (χ1n) is 5.94. The zero-order valence-corrected chi connectivity index (χ0v) is 9.71. The largest absolute Gasteiger partial charge is 0.369 e. The fourth-order valence-corrected chi connectivity index (χ4v) is 2.33. The first-order chi connectivity index (χ1) is 8.16. The Hall–Kier alpha value is -1.42. The Labute approximate surface area is 100 Å². The fourth-order valence-electron chi connectivity index (χ4n) is 2.33. The third-order valence-corrected chi connectivity index (χ3v) is 3.25. The number of carbonyl (C=O) groups is 1. The number of carbonyl (C=O) groups excluding carboxylic acids is 1. The molecule has 0 aliphatic carbocycles. The first kappa shape index (κ1) is 12.0. The Morgan fingerprint density at radius 1 is 1.41 bits per heavy atom. The number of nitrogens with one attached hydrogen (secondary N) is 1. The number of nitrogens with two attached hydrogens (primary N) is 1. The standard InChI is InChI=1S/C13H17FN2O/c14-12-2-1-10(7-11(12)8-13(15)17)9-3-5-16-6-4-9/h1-2,7,9,16H,3-6,8H2,(H2,15,17). The molecule has 1 aliphatic heterocycles. The predicted octanol–water partition coefficient (Wildman–Crippen LogP) is 1.32. The second-order valence-corrected chi connectivity index (χ2v) is 4.52. The number of benzene rings is 1. The lowest BCUT2D eigenvalue weighted by molar-refractivity contribution is -0.117. The normalized spacial score (nSPS) is 17.0. The van der Waals surface area contributed by atoms with Crippen LogP contribution in [-0.2, 0) is 11.2 Å². The smallest absolute Gasteiger partial charge is 0.221 e. The van der Waals surface area contributed by atoms with E-state index in [0.29, 0.717) is 11.5 Å². The van der Waals surface area contributed by atoms with E-state index in [9.17, 15) is 9.18 Å². The van der Waals surface area contributed by atoms with Gasteiger partial charge in [-0.25, -0.2) is 4.39 Å². The van der Waals surface area contributed by atoms with Gasteiger partial charge in [-0.05, 0) is 49.0 Å². The molecule has 0 spiro atoms. The molecule has 1 aromatic rings. The maximum atomic E-state index is 13.5. The van der Waals surface area contributed by atoms with Crippen LogP contribution in [0.2, 0.25) is 0 Å². The lowest BCUT2D eigenvalue weighted by atomic mass is 9.89. The molecule has 0 saturated carbocycles. The van der Waals surface area contributed by atoms with Crippen LogP contribution in [0.1, 0.15) is 29.9 Å². The highest BCUT2D eigenvalue weighted by atomic mass is 19.1. The van der Waals surface area contributed by atoms with Gasteiger partial charge in [-0.15, -0.1) is 0 Å². The third-order valence-electron chi connectivity index (χ3n) is 3.25. The van der Waals surface area contributed by atoms with Crippen molar-refractivity contribution in [2.45, 2.75) is 25.2 Å². The molecule has 3 nitrogen and oxygen atoms in total. The summed E-state index contributed by atoms with van der Waals surface area (Å²) in [6.07, 6.45) is 2.09. The number of halogens is 1. The second kappa shape index (κ2) is 5.27. The van der Waals surface area contributed by atoms with Crippen LogP contribution >= 0.6 is 0 Å². The van der Waals surface area contributed by atoms with Gasteiger partial charge in [0.05, 0.1) is 6.42 Å². The number of primary amides is 1. The van der Waals surface area contributed by atoms with Gasteiger partial charge in [-0.3, -0.25) is 4.79 Å². The van der Waals surface area contributed by atoms with Gasteiger partial charge >= 0.3 is 0 Å². The molecule has 1 aliphatic rings. The maximum Gasteiger partial charge on any atom is 0.221 e. The Balaban J connectivity index is 2.20. The lowest BCUT2D eigenvalue weighted by Gasteiger charge is -2.23. The number of rotatable bonds is 3. The topological polar surface area (TPSA) is 55.1 Å². The number of hydrogen-bond donors (Lipinski definition) is 2. The summed E-state index contributed by atoms with van der Waals surface area (Å²) in [7, 11) is 0. The monoisotopic (exact) mass is 236 g/mol. The molecule has 3 N–H and O–H groups in total. The summed E-state index contributed by atoms with van der Waals surface area (Å²) >= 11 is 0. The molecule has 1 aromatic carbocycles. The van der Waals surface area contributed by atoms with Gasteiger partial charge in [0.25, 0.3) is 0 Å². The van der Waals surface area contributed by atoms with Crippen molar-refractivity contribution in [3.63, 3.8) is 0 Å². The van der Waals surface area contributed by atoms with Gasteiger partial charge in [0.2, 0.25) is 5.91 Å². The fraction of sp³-hybridized carbons (Fsp3) is 0.462. The Kier molecular flexibility index (Phi) is 3.74. The number of hydrogen-bond acceptors (Lipinski definition) is 2. The molecule has 0 radical (unpaired) electrons. The van der Waals surface area contributed by atoms with Gasteiger partial charge < -0.3 is 11.1 Å².